The Balaban J connectivity index is 1.79. The van der Waals surface area contributed by atoms with Gasteiger partial charge in [-0.1, -0.05) is 19.9 Å². The van der Waals surface area contributed by atoms with Crippen molar-refractivity contribution in [3.63, 3.8) is 0 Å². The molecule has 3 aliphatic rings. The van der Waals surface area contributed by atoms with Gasteiger partial charge in [0.15, 0.2) is 5.79 Å². The lowest BCUT2D eigenvalue weighted by molar-refractivity contribution is -0.201. The Bertz CT molecular complexity index is 585. The van der Waals surface area contributed by atoms with E-state index in [0.717, 1.165) is 18.4 Å². The molecule has 0 bridgehead atoms. The lowest BCUT2D eigenvalue weighted by Crippen LogP contribution is -2.52. The molecule has 3 fully saturated rings. The summed E-state index contributed by atoms with van der Waals surface area (Å²) in [5.41, 5.74) is 0.0555. The van der Waals surface area contributed by atoms with Crippen molar-refractivity contribution in [2.24, 2.45) is 5.41 Å². The van der Waals surface area contributed by atoms with Crippen LogP contribution in [0.25, 0.3) is 0 Å². The largest absolute Gasteiger partial charge is 0.463 e. The Morgan fingerprint density at radius 1 is 1.17 bits per heavy atom. The van der Waals surface area contributed by atoms with E-state index in [1.807, 2.05) is 13.0 Å². The van der Waals surface area contributed by atoms with Gasteiger partial charge >= 0.3 is 5.97 Å². The average Bonchev–Trinajstić information content (AvgIpc) is 2.83. The Morgan fingerprint density at radius 2 is 1.83 bits per heavy atom. The first-order valence-corrected chi connectivity index (χ1v) is 8.70. The van der Waals surface area contributed by atoms with Gasteiger partial charge in [-0.2, -0.15) is 0 Å². The number of fused-ring (bicyclic) bond motifs is 1. The summed E-state index contributed by atoms with van der Waals surface area (Å²) < 4.78 is 23.1. The number of epoxide rings is 1. The summed E-state index contributed by atoms with van der Waals surface area (Å²) in [6, 6.07) is 0. The predicted molar refractivity (Wildman–Crippen MR) is 89.4 cm³/mol. The second kappa shape index (κ2) is 5.68. The second-order valence-corrected chi connectivity index (χ2v) is 7.89. The van der Waals surface area contributed by atoms with Gasteiger partial charge in [-0.15, -0.1) is 0 Å². The third-order valence-corrected chi connectivity index (χ3v) is 5.48. The summed E-state index contributed by atoms with van der Waals surface area (Å²) in [6.45, 7) is 11.9. The van der Waals surface area contributed by atoms with Gasteiger partial charge in [0.2, 0.25) is 0 Å². The normalized spacial score (nSPS) is 36.8. The molecule has 1 saturated carbocycles. The standard InChI is InChI=1S/C19H28O5/c1-6-21-15(20)11-14(2)7-8-19-16(3,4)12-18(22-9-10-23-18)13-17(19,5)24-19/h7-8,11H,6,9-10,12-13H2,1-5H3. The second-order valence-electron chi connectivity index (χ2n) is 7.89. The van der Waals surface area contributed by atoms with E-state index in [-0.39, 0.29) is 22.6 Å². The van der Waals surface area contributed by atoms with Crippen molar-refractivity contribution < 1.29 is 23.7 Å². The molecule has 1 spiro atoms. The van der Waals surface area contributed by atoms with Crippen molar-refractivity contribution in [1.82, 2.24) is 0 Å². The van der Waals surface area contributed by atoms with E-state index in [2.05, 4.69) is 26.8 Å². The number of rotatable bonds is 4. The first-order valence-electron chi connectivity index (χ1n) is 8.70. The van der Waals surface area contributed by atoms with E-state index in [1.165, 1.54) is 6.08 Å². The van der Waals surface area contributed by atoms with Gasteiger partial charge < -0.3 is 18.9 Å². The summed E-state index contributed by atoms with van der Waals surface area (Å²) >= 11 is 0. The molecular weight excluding hydrogens is 308 g/mol. The van der Waals surface area contributed by atoms with E-state index in [4.69, 9.17) is 18.9 Å². The number of carbonyl (C=O) groups excluding carboxylic acids is 1. The van der Waals surface area contributed by atoms with Crippen LogP contribution < -0.4 is 0 Å². The van der Waals surface area contributed by atoms with Gasteiger partial charge in [0, 0.05) is 24.3 Å². The number of allylic oxidation sites excluding steroid dienone is 2. The van der Waals surface area contributed by atoms with E-state index in [9.17, 15) is 4.79 Å². The molecule has 0 radical (unpaired) electrons. The molecule has 2 saturated heterocycles. The Kier molecular flexibility index (Phi) is 4.18. The Labute approximate surface area is 144 Å². The fourth-order valence-corrected chi connectivity index (χ4v) is 4.54. The molecule has 3 rings (SSSR count). The van der Waals surface area contributed by atoms with Gasteiger partial charge in [-0.05, 0) is 32.4 Å². The molecule has 0 N–H and O–H groups in total. The van der Waals surface area contributed by atoms with Crippen molar-refractivity contribution in [1.29, 1.82) is 0 Å². The zero-order valence-corrected chi connectivity index (χ0v) is 15.3. The van der Waals surface area contributed by atoms with Crippen molar-refractivity contribution in [3.05, 3.63) is 23.8 Å². The highest BCUT2D eigenvalue weighted by molar-refractivity contribution is 5.83. The average molecular weight is 336 g/mol. The minimum atomic E-state index is -0.512. The van der Waals surface area contributed by atoms with E-state index >= 15 is 0 Å². The molecule has 2 atom stereocenters. The lowest BCUT2D eigenvalue weighted by Gasteiger charge is -2.45. The number of esters is 1. The lowest BCUT2D eigenvalue weighted by atomic mass is 9.61. The molecule has 2 aliphatic heterocycles. The molecule has 134 valence electrons. The van der Waals surface area contributed by atoms with Crippen molar-refractivity contribution in [3.8, 4) is 0 Å². The van der Waals surface area contributed by atoms with Crippen LogP contribution in [-0.2, 0) is 23.7 Å². The van der Waals surface area contributed by atoms with Gasteiger partial charge in [0.25, 0.3) is 0 Å². The third kappa shape index (κ3) is 2.72. The molecule has 5 heteroatoms. The number of hydrogen-bond acceptors (Lipinski definition) is 5. The maximum Gasteiger partial charge on any atom is 0.330 e. The topological polar surface area (TPSA) is 57.3 Å². The molecule has 0 aromatic rings. The number of hydrogen-bond donors (Lipinski definition) is 0. The number of ether oxygens (including phenoxy) is 4. The van der Waals surface area contributed by atoms with E-state index in [1.54, 1.807) is 6.92 Å². The summed E-state index contributed by atoms with van der Waals surface area (Å²) in [4.78, 5) is 11.6. The van der Waals surface area contributed by atoms with Crippen molar-refractivity contribution >= 4 is 5.97 Å². The van der Waals surface area contributed by atoms with E-state index in [0.29, 0.717) is 19.8 Å². The molecule has 5 nitrogen and oxygen atoms in total. The highest BCUT2D eigenvalue weighted by Gasteiger charge is 2.78. The summed E-state index contributed by atoms with van der Waals surface area (Å²) in [6.07, 6.45) is 7.09. The maximum atomic E-state index is 11.6. The SMILES string of the molecule is CCOC(=O)C=C(C)C=CC12OC1(C)CC1(CC2(C)C)OCCO1. The van der Waals surface area contributed by atoms with Gasteiger partial charge in [0.1, 0.15) is 11.2 Å². The van der Waals surface area contributed by atoms with Gasteiger partial charge in [-0.25, -0.2) is 4.79 Å². The molecule has 0 aromatic carbocycles. The molecule has 2 heterocycles. The zero-order valence-electron chi connectivity index (χ0n) is 15.3. The van der Waals surface area contributed by atoms with Crippen LogP contribution in [0.2, 0.25) is 0 Å². The first-order chi connectivity index (χ1) is 11.2. The number of carbonyl (C=O) groups is 1. The van der Waals surface area contributed by atoms with Crippen LogP contribution in [0.1, 0.15) is 47.5 Å². The zero-order chi connectivity index (χ0) is 17.6. The summed E-state index contributed by atoms with van der Waals surface area (Å²) in [5, 5.41) is 0. The van der Waals surface area contributed by atoms with Crippen LogP contribution in [0, 0.1) is 5.41 Å². The van der Waals surface area contributed by atoms with Crippen LogP contribution in [0.3, 0.4) is 0 Å². The molecule has 0 aromatic heterocycles. The van der Waals surface area contributed by atoms with Crippen LogP contribution in [0.15, 0.2) is 23.8 Å². The van der Waals surface area contributed by atoms with Crippen molar-refractivity contribution in [2.45, 2.75) is 64.4 Å². The Hall–Kier alpha value is -1.17. The molecule has 2 unspecified atom stereocenters. The molecule has 24 heavy (non-hydrogen) atoms. The monoisotopic (exact) mass is 336 g/mol. The van der Waals surface area contributed by atoms with Gasteiger partial charge in [0.05, 0.1) is 19.8 Å². The smallest absolute Gasteiger partial charge is 0.330 e. The highest BCUT2D eigenvalue weighted by atomic mass is 16.7. The van der Waals surface area contributed by atoms with Crippen LogP contribution in [0.4, 0.5) is 0 Å². The van der Waals surface area contributed by atoms with Crippen molar-refractivity contribution in [2.75, 3.05) is 19.8 Å². The third-order valence-electron chi connectivity index (χ3n) is 5.48. The highest BCUT2D eigenvalue weighted by Crippen LogP contribution is 2.69. The minimum absolute atomic E-state index is 0.134. The van der Waals surface area contributed by atoms with Crippen LogP contribution >= 0.6 is 0 Å². The molecule has 1 aliphatic carbocycles. The maximum absolute atomic E-state index is 11.6. The van der Waals surface area contributed by atoms with E-state index < -0.39 is 5.79 Å². The Morgan fingerprint density at radius 3 is 2.42 bits per heavy atom. The van der Waals surface area contributed by atoms with Crippen LogP contribution in [-0.4, -0.2) is 42.8 Å². The summed E-state index contributed by atoms with van der Waals surface area (Å²) in [7, 11) is 0. The van der Waals surface area contributed by atoms with Crippen LogP contribution in [0.5, 0.6) is 0 Å². The summed E-state index contributed by atoms with van der Waals surface area (Å²) in [5.74, 6) is -0.826. The quantitative estimate of drug-likeness (QED) is 0.342. The predicted octanol–water partition coefficient (Wildman–Crippen LogP) is 3.14. The fourth-order valence-electron chi connectivity index (χ4n) is 4.54. The molecule has 0 amide bonds. The fraction of sp³-hybridized carbons (Fsp3) is 0.737. The molecular formula is C19H28O5. The first kappa shape index (κ1) is 17.6. The van der Waals surface area contributed by atoms with Gasteiger partial charge in [-0.3, -0.25) is 0 Å². The minimum Gasteiger partial charge on any atom is -0.463 e.